The quantitative estimate of drug-likeness (QED) is 0.799. The highest BCUT2D eigenvalue weighted by molar-refractivity contribution is 5.67. The van der Waals surface area contributed by atoms with Crippen LogP contribution >= 0.6 is 0 Å². The largest absolute Gasteiger partial charge is 0.445 e. The van der Waals surface area contributed by atoms with Crippen molar-refractivity contribution in [3.8, 4) is 0 Å². The highest BCUT2D eigenvalue weighted by Crippen LogP contribution is 2.01. The molecule has 22 heavy (non-hydrogen) atoms. The van der Waals surface area contributed by atoms with Gasteiger partial charge in [0.2, 0.25) is 5.95 Å². The van der Waals surface area contributed by atoms with Gasteiger partial charge in [-0.05, 0) is 24.1 Å². The van der Waals surface area contributed by atoms with Crippen molar-refractivity contribution in [1.82, 2.24) is 15.3 Å². The van der Waals surface area contributed by atoms with Crippen LogP contribution < -0.4 is 11.1 Å². The number of anilines is 1. The molecule has 0 unspecified atom stereocenters. The maximum atomic E-state index is 11.5. The van der Waals surface area contributed by atoms with Gasteiger partial charge in [0, 0.05) is 12.7 Å². The average molecular weight is 298 g/mol. The number of hydrogen-bond acceptors (Lipinski definition) is 5. The molecule has 2 rings (SSSR count). The minimum atomic E-state index is -0.427. The number of carbonyl (C=O) groups is 1. The number of alkyl carbamates (subject to hydrolysis) is 1. The van der Waals surface area contributed by atoms with Crippen LogP contribution in [0.3, 0.4) is 0 Å². The fourth-order valence-electron chi connectivity index (χ4n) is 1.72. The van der Waals surface area contributed by atoms with E-state index in [1.54, 1.807) is 12.3 Å². The highest BCUT2D eigenvalue weighted by atomic mass is 16.5. The van der Waals surface area contributed by atoms with Crippen LogP contribution in [0.1, 0.15) is 17.7 Å². The lowest BCUT2D eigenvalue weighted by molar-refractivity contribution is 0.140. The summed E-state index contributed by atoms with van der Waals surface area (Å²) in [6, 6.07) is 11.3. The Hall–Kier alpha value is -2.89. The van der Waals surface area contributed by atoms with Crippen LogP contribution in [0.25, 0.3) is 6.08 Å². The van der Waals surface area contributed by atoms with Crippen LogP contribution in [0.4, 0.5) is 10.7 Å². The van der Waals surface area contributed by atoms with Crippen LogP contribution in [0, 0.1) is 0 Å². The van der Waals surface area contributed by atoms with E-state index in [0.29, 0.717) is 13.0 Å². The molecule has 0 aliphatic carbocycles. The second kappa shape index (κ2) is 8.41. The number of nitrogens with two attached hydrogens (primary N) is 1. The van der Waals surface area contributed by atoms with Crippen molar-refractivity contribution in [2.24, 2.45) is 0 Å². The molecular formula is C16H18N4O2. The van der Waals surface area contributed by atoms with E-state index >= 15 is 0 Å². The second-order valence-corrected chi connectivity index (χ2v) is 4.52. The van der Waals surface area contributed by atoms with Crippen LogP contribution in [-0.4, -0.2) is 22.6 Å². The third-order valence-corrected chi connectivity index (χ3v) is 2.78. The van der Waals surface area contributed by atoms with E-state index in [4.69, 9.17) is 10.5 Å². The summed E-state index contributed by atoms with van der Waals surface area (Å²) in [7, 11) is 0. The molecule has 6 heteroatoms. The van der Waals surface area contributed by atoms with Crippen molar-refractivity contribution in [3.63, 3.8) is 0 Å². The monoisotopic (exact) mass is 298 g/mol. The molecule has 0 saturated heterocycles. The lowest BCUT2D eigenvalue weighted by Gasteiger charge is -2.05. The van der Waals surface area contributed by atoms with Crippen LogP contribution in [0.5, 0.6) is 0 Å². The van der Waals surface area contributed by atoms with Gasteiger partial charge in [-0.3, -0.25) is 0 Å². The van der Waals surface area contributed by atoms with Crippen molar-refractivity contribution in [3.05, 3.63) is 59.9 Å². The molecule has 0 saturated carbocycles. The van der Waals surface area contributed by atoms with Gasteiger partial charge in [-0.25, -0.2) is 14.8 Å². The van der Waals surface area contributed by atoms with E-state index in [-0.39, 0.29) is 12.6 Å². The Kier molecular flexibility index (Phi) is 5.92. The summed E-state index contributed by atoms with van der Waals surface area (Å²) >= 11 is 0. The zero-order valence-electron chi connectivity index (χ0n) is 12.1. The van der Waals surface area contributed by atoms with Crippen LogP contribution in [0.2, 0.25) is 0 Å². The Labute approximate surface area is 129 Å². The molecule has 0 aliphatic heterocycles. The first-order valence-corrected chi connectivity index (χ1v) is 6.93. The lowest BCUT2D eigenvalue weighted by Crippen LogP contribution is -2.24. The number of amides is 1. The van der Waals surface area contributed by atoms with Crippen molar-refractivity contribution in [2.75, 3.05) is 12.3 Å². The van der Waals surface area contributed by atoms with Gasteiger partial charge in [0.25, 0.3) is 0 Å². The van der Waals surface area contributed by atoms with E-state index in [0.717, 1.165) is 11.3 Å². The van der Waals surface area contributed by atoms with Gasteiger partial charge in [-0.1, -0.05) is 36.4 Å². The van der Waals surface area contributed by atoms with Crippen molar-refractivity contribution in [1.29, 1.82) is 0 Å². The standard InChI is InChI=1S/C16H18N4O2/c17-15-18-11-9-14(20-15)8-4-5-10-19-16(21)22-12-13-6-2-1-3-7-13/h1-4,6-9,11H,5,10,12H2,(H,19,21)(H2,17,18,20). The Balaban J connectivity index is 1.63. The minimum Gasteiger partial charge on any atom is -0.445 e. The third kappa shape index (κ3) is 5.62. The fourth-order valence-corrected chi connectivity index (χ4v) is 1.72. The molecule has 114 valence electrons. The Morgan fingerprint density at radius 1 is 1.27 bits per heavy atom. The summed E-state index contributed by atoms with van der Waals surface area (Å²) in [5.74, 6) is 0.241. The molecule has 1 amide bonds. The number of carbonyl (C=O) groups excluding carboxylic acids is 1. The van der Waals surface area contributed by atoms with E-state index in [1.807, 2.05) is 42.5 Å². The molecular weight excluding hydrogens is 280 g/mol. The first-order valence-electron chi connectivity index (χ1n) is 6.93. The zero-order chi connectivity index (χ0) is 15.6. The molecule has 6 nitrogen and oxygen atoms in total. The normalized spacial score (nSPS) is 10.5. The third-order valence-electron chi connectivity index (χ3n) is 2.78. The van der Waals surface area contributed by atoms with E-state index in [1.165, 1.54) is 0 Å². The number of ether oxygens (including phenoxy) is 1. The molecule has 3 N–H and O–H groups in total. The summed E-state index contributed by atoms with van der Waals surface area (Å²) in [5.41, 5.74) is 7.17. The summed E-state index contributed by atoms with van der Waals surface area (Å²) < 4.78 is 5.10. The van der Waals surface area contributed by atoms with Gasteiger partial charge >= 0.3 is 6.09 Å². The predicted octanol–water partition coefficient (Wildman–Crippen LogP) is 2.39. The SMILES string of the molecule is Nc1nccc(C=CCCNC(=O)OCc2ccccc2)n1. The number of benzene rings is 1. The molecule has 0 fully saturated rings. The van der Waals surface area contributed by atoms with E-state index in [9.17, 15) is 4.79 Å². The molecule has 0 spiro atoms. The van der Waals surface area contributed by atoms with Gasteiger partial charge in [-0.15, -0.1) is 0 Å². The summed E-state index contributed by atoms with van der Waals surface area (Å²) in [6.07, 6.45) is 5.57. The van der Waals surface area contributed by atoms with E-state index < -0.39 is 6.09 Å². The molecule has 0 radical (unpaired) electrons. The molecule has 0 bridgehead atoms. The molecule has 1 aromatic heterocycles. The van der Waals surface area contributed by atoms with Crippen LogP contribution in [-0.2, 0) is 11.3 Å². The van der Waals surface area contributed by atoms with Crippen LogP contribution in [0.15, 0.2) is 48.7 Å². The fraction of sp³-hybridized carbons (Fsp3) is 0.188. The minimum absolute atomic E-state index is 0.241. The number of aromatic nitrogens is 2. The molecule has 1 heterocycles. The predicted molar refractivity (Wildman–Crippen MR) is 84.7 cm³/mol. The van der Waals surface area contributed by atoms with Gasteiger partial charge in [-0.2, -0.15) is 0 Å². The number of hydrogen-bond donors (Lipinski definition) is 2. The molecule has 2 aromatic rings. The maximum Gasteiger partial charge on any atom is 0.407 e. The topological polar surface area (TPSA) is 90.1 Å². The van der Waals surface area contributed by atoms with Gasteiger partial charge in [0.05, 0.1) is 5.69 Å². The first-order chi connectivity index (χ1) is 10.7. The molecule has 0 aliphatic rings. The average Bonchev–Trinajstić information content (AvgIpc) is 2.54. The number of nitrogen functional groups attached to an aromatic ring is 1. The van der Waals surface area contributed by atoms with Gasteiger partial charge in [0.1, 0.15) is 6.61 Å². The lowest BCUT2D eigenvalue weighted by atomic mass is 10.2. The smallest absolute Gasteiger partial charge is 0.407 e. The number of rotatable bonds is 6. The van der Waals surface area contributed by atoms with Crippen molar-refractivity contribution in [2.45, 2.75) is 13.0 Å². The summed E-state index contributed by atoms with van der Waals surface area (Å²) in [4.78, 5) is 19.3. The maximum absolute atomic E-state index is 11.5. The molecule has 0 atom stereocenters. The summed E-state index contributed by atoms with van der Waals surface area (Å²) in [6.45, 7) is 0.757. The Morgan fingerprint density at radius 2 is 2.09 bits per heavy atom. The first kappa shape index (κ1) is 15.5. The second-order valence-electron chi connectivity index (χ2n) is 4.52. The molecule has 1 aromatic carbocycles. The Morgan fingerprint density at radius 3 is 2.86 bits per heavy atom. The van der Waals surface area contributed by atoms with E-state index in [2.05, 4.69) is 15.3 Å². The van der Waals surface area contributed by atoms with Crippen molar-refractivity contribution >= 4 is 18.1 Å². The highest BCUT2D eigenvalue weighted by Gasteiger charge is 2.00. The van der Waals surface area contributed by atoms with Crippen molar-refractivity contribution < 1.29 is 9.53 Å². The Bertz CT molecular complexity index is 629. The van der Waals surface area contributed by atoms with Gasteiger partial charge < -0.3 is 15.8 Å². The number of nitrogens with zero attached hydrogens (tertiary/aromatic N) is 2. The number of nitrogens with one attached hydrogen (secondary N) is 1. The van der Waals surface area contributed by atoms with Gasteiger partial charge in [0.15, 0.2) is 0 Å². The summed E-state index contributed by atoms with van der Waals surface area (Å²) in [5, 5.41) is 2.68. The zero-order valence-corrected chi connectivity index (χ0v) is 12.1.